The largest absolute Gasteiger partial charge is 1.00 e. The van der Waals surface area contributed by atoms with Gasteiger partial charge in [0.05, 0.1) is 34.6 Å². The third-order valence-electron chi connectivity index (χ3n) is 5.27. The molecule has 0 bridgehead atoms. The van der Waals surface area contributed by atoms with Crippen molar-refractivity contribution < 1.29 is 52.1 Å². The number of nitrogens with zero attached hydrogens (tertiary/aromatic N) is 3. The fraction of sp³-hybridized carbons (Fsp3) is 0.120. The number of pyridine rings is 1. The molecule has 0 aliphatic heterocycles. The van der Waals surface area contributed by atoms with Crippen molar-refractivity contribution in [1.82, 2.24) is 4.98 Å². The maximum absolute atomic E-state index is 11.8. The summed E-state index contributed by atoms with van der Waals surface area (Å²) in [4.78, 5) is 15.5. The topological polar surface area (TPSA) is 147 Å². The molecular weight excluding hydrogens is 491 g/mol. The second-order valence-electron chi connectivity index (χ2n) is 7.69. The Bertz CT molecular complexity index is 1570. The number of nitrogens with two attached hydrogens (primary N) is 1. The van der Waals surface area contributed by atoms with Crippen molar-refractivity contribution in [2.45, 2.75) is 18.7 Å². The summed E-state index contributed by atoms with van der Waals surface area (Å²) in [6.45, 7) is 4.09. The first-order valence-electron chi connectivity index (χ1n) is 10.6. The number of ether oxygens (including phenoxy) is 1. The molecule has 0 saturated carbocycles. The first kappa shape index (κ1) is 27.4. The summed E-state index contributed by atoms with van der Waals surface area (Å²) in [5.74, 6) is 0.449. The van der Waals surface area contributed by atoms with Gasteiger partial charge in [-0.15, -0.1) is 10.2 Å². The van der Waals surface area contributed by atoms with Crippen LogP contribution in [0.15, 0.2) is 75.9 Å². The number of fused-ring (bicyclic) bond motifs is 1. The van der Waals surface area contributed by atoms with Crippen LogP contribution in [0.2, 0.25) is 0 Å². The van der Waals surface area contributed by atoms with E-state index in [4.69, 9.17) is 10.5 Å². The Hall–Kier alpha value is -3.15. The van der Waals surface area contributed by atoms with Gasteiger partial charge in [-0.25, -0.2) is 8.42 Å². The first-order chi connectivity index (χ1) is 16.7. The minimum atomic E-state index is -4.76. The number of hydrogen-bond donors (Lipinski definition) is 1. The Kier molecular flexibility index (Phi) is 8.59. The van der Waals surface area contributed by atoms with Gasteiger partial charge in [0.2, 0.25) is 0 Å². The number of aryl methyl sites for hydroxylation is 1. The molecule has 1 aromatic heterocycles. The number of anilines is 1. The fourth-order valence-corrected chi connectivity index (χ4v) is 4.44. The smallest absolute Gasteiger partial charge is 0.744 e. The zero-order valence-electron chi connectivity index (χ0n) is 19.9. The molecule has 4 aromatic rings. The number of rotatable bonds is 7. The van der Waals surface area contributed by atoms with E-state index in [0.29, 0.717) is 40.3 Å². The van der Waals surface area contributed by atoms with Crippen LogP contribution < -0.4 is 40.0 Å². The van der Waals surface area contributed by atoms with Crippen LogP contribution in [-0.2, 0) is 10.1 Å². The minimum absolute atomic E-state index is 0. The molecular formula is C25H21N4NaO5S. The molecule has 0 saturated heterocycles. The Morgan fingerprint density at radius 1 is 1.08 bits per heavy atom. The second kappa shape index (κ2) is 11.3. The van der Waals surface area contributed by atoms with Gasteiger partial charge in [0.15, 0.2) is 6.29 Å². The molecule has 0 fully saturated rings. The van der Waals surface area contributed by atoms with Crippen LogP contribution in [0.1, 0.15) is 22.8 Å². The molecule has 11 heteroatoms. The van der Waals surface area contributed by atoms with E-state index < -0.39 is 15.0 Å². The third kappa shape index (κ3) is 5.63. The van der Waals surface area contributed by atoms with Gasteiger partial charge in [-0.3, -0.25) is 9.78 Å². The van der Waals surface area contributed by atoms with Gasteiger partial charge in [0.1, 0.15) is 27.2 Å². The van der Waals surface area contributed by atoms with E-state index in [1.54, 1.807) is 36.4 Å². The molecule has 178 valence electrons. The number of azo groups is 1. The number of hydrogen-bond acceptors (Lipinski definition) is 9. The second-order valence-corrected chi connectivity index (χ2v) is 9.04. The van der Waals surface area contributed by atoms with Crippen LogP contribution in [0.25, 0.3) is 22.0 Å². The van der Waals surface area contributed by atoms with Gasteiger partial charge in [-0.1, -0.05) is 24.3 Å². The zero-order valence-corrected chi connectivity index (χ0v) is 22.7. The molecule has 2 N–H and O–H groups in total. The van der Waals surface area contributed by atoms with Gasteiger partial charge in [0, 0.05) is 16.3 Å². The van der Waals surface area contributed by atoms with Crippen molar-refractivity contribution in [2.24, 2.45) is 10.2 Å². The van der Waals surface area contributed by atoms with Crippen molar-refractivity contribution >= 4 is 44.2 Å². The number of carbonyl (C=O) groups excluding carboxylic acids is 1. The Morgan fingerprint density at radius 2 is 1.81 bits per heavy atom. The van der Waals surface area contributed by atoms with E-state index in [9.17, 15) is 17.8 Å². The van der Waals surface area contributed by atoms with E-state index >= 15 is 0 Å². The van der Waals surface area contributed by atoms with Crippen molar-refractivity contribution in [2.75, 3.05) is 12.3 Å². The quantitative estimate of drug-likeness (QED) is 0.131. The molecule has 0 amide bonds. The Balaban J connectivity index is 0.00000361. The number of benzene rings is 3. The summed E-state index contributed by atoms with van der Waals surface area (Å²) in [5.41, 5.74) is 9.35. The SMILES string of the molecule is CCOc1c(C=O)cc(C)cc1-c1ccc(N=Nc2cc(S(=O)(=O)[O-])c3ccccc3c2N)cn1.[Na+]. The molecule has 4 rings (SSSR count). The van der Waals surface area contributed by atoms with E-state index in [1.165, 1.54) is 12.3 Å². The number of carbonyl (C=O) groups is 1. The van der Waals surface area contributed by atoms with Crippen molar-refractivity contribution in [1.29, 1.82) is 0 Å². The average molecular weight is 513 g/mol. The van der Waals surface area contributed by atoms with Crippen LogP contribution in [0.3, 0.4) is 0 Å². The normalized spacial score (nSPS) is 11.4. The third-order valence-corrected chi connectivity index (χ3v) is 6.15. The molecule has 0 aliphatic carbocycles. The summed E-state index contributed by atoms with van der Waals surface area (Å²) < 4.78 is 41.1. The van der Waals surface area contributed by atoms with Gasteiger partial charge in [0.25, 0.3) is 0 Å². The molecule has 9 nitrogen and oxygen atoms in total. The monoisotopic (exact) mass is 512 g/mol. The van der Waals surface area contributed by atoms with E-state index in [2.05, 4.69) is 15.2 Å². The molecule has 0 radical (unpaired) electrons. The zero-order chi connectivity index (χ0) is 25.2. The van der Waals surface area contributed by atoms with Crippen molar-refractivity contribution in [3.05, 3.63) is 71.9 Å². The fourth-order valence-electron chi connectivity index (χ4n) is 3.74. The minimum Gasteiger partial charge on any atom is -0.744 e. The van der Waals surface area contributed by atoms with Crippen LogP contribution >= 0.6 is 0 Å². The van der Waals surface area contributed by atoms with Crippen LogP contribution in [0.5, 0.6) is 5.75 Å². The average Bonchev–Trinajstić information content (AvgIpc) is 2.84. The molecule has 0 unspecified atom stereocenters. The molecule has 0 spiro atoms. The van der Waals surface area contributed by atoms with Gasteiger partial charge < -0.3 is 15.0 Å². The Labute approximate surface area is 230 Å². The van der Waals surface area contributed by atoms with Gasteiger partial charge >= 0.3 is 29.6 Å². The maximum atomic E-state index is 11.8. The molecule has 36 heavy (non-hydrogen) atoms. The van der Waals surface area contributed by atoms with E-state index in [-0.39, 0.29) is 46.3 Å². The number of aldehydes is 1. The molecule has 1 heterocycles. The summed E-state index contributed by atoms with van der Waals surface area (Å²) in [7, 11) is -4.76. The van der Waals surface area contributed by atoms with Crippen molar-refractivity contribution in [3.8, 4) is 17.0 Å². The maximum Gasteiger partial charge on any atom is 1.00 e. The molecule has 0 aliphatic rings. The summed E-state index contributed by atoms with van der Waals surface area (Å²) in [5, 5.41) is 8.80. The standard InChI is InChI=1S/C25H22N4O5S.Na/c1-3-34-25-16(14-30)10-15(2)11-20(25)21-9-8-17(13-27-21)28-29-22-12-23(35(31,32)33)18-6-4-5-7-19(18)24(22)26;/h4-14H,3,26H2,1-2H3,(H,31,32,33);/q;+1/p-1. The van der Waals surface area contributed by atoms with E-state index in [0.717, 1.165) is 17.9 Å². The predicted octanol–water partition coefficient (Wildman–Crippen LogP) is 2.33. The molecule has 0 atom stereocenters. The number of nitrogen functional groups attached to an aromatic ring is 1. The van der Waals surface area contributed by atoms with E-state index in [1.807, 2.05) is 19.9 Å². The van der Waals surface area contributed by atoms with Crippen LogP contribution in [0, 0.1) is 6.92 Å². The summed E-state index contributed by atoms with van der Waals surface area (Å²) in [6, 6.07) is 14.5. The first-order valence-corrected chi connectivity index (χ1v) is 12.0. The number of aromatic nitrogens is 1. The van der Waals surface area contributed by atoms with Gasteiger partial charge in [-0.2, -0.15) is 0 Å². The predicted molar refractivity (Wildman–Crippen MR) is 131 cm³/mol. The molecule has 3 aromatic carbocycles. The van der Waals surface area contributed by atoms with Gasteiger partial charge in [-0.05, 0) is 49.7 Å². The summed E-state index contributed by atoms with van der Waals surface area (Å²) in [6.07, 6.45) is 2.22. The Morgan fingerprint density at radius 3 is 2.42 bits per heavy atom. The van der Waals surface area contributed by atoms with Crippen molar-refractivity contribution in [3.63, 3.8) is 0 Å². The summed E-state index contributed by atoms with van der Waals surface area (Å²) >= 11 is 0. The van der Waals surface area contributed by atoms with Crippen LogP contribution in [0.4, 0.5) is 17.1 Å². The van der Waals surface area contributed by atoms with Crippen LogP contribution in [-0.4, -0.2) is 30.8 Å².